The Hall–Kier alpha value is -0.320. The normalized spacial score (nSPS) is 35.5. The van der Waals surface area contributed by atoms with Crippen molar-refractivity contribution in [3.63, 3.8) is 0 Å². The van der Waals surface area contributed by atoms with Crippen molar-refractivity contribution >= 4 is 18.3 Å². The molecule has 0 spiro atoms. The van der Waals surface area contributed by atoms with Crippen molar-refractivity contribution in [3.8, 4) is 0 Å². The number of nitrogens with one attached hydrogen (secondary N) is 2. The van der Waals surface area contributed by atoms with E-state index in [1.807, 2.05) is 0 Å². The molecule has 2 rings (SSSR count). The molecule has 0 aromatic rings. The smallest absolute Gasteiger partial charge is 0.246 e. The predicted octanol–water partition coefficient (Wildman–Crippen LogP) is -1.10. The fourth-order valence-electron chi connectivity index (χ4n) is 1.41. The summed E-state index contributed by atoms with van der Waals surface area (Å²) in [6, 6.07) is 0.209. The van der Waals surface area contributed by atoms with E-state index in [2.05, 4.69) is 10.6 Å². The highest BCUT2D eigenvalue weighted by atomic mass is 35.5. The van der Waals surface area contributed by atoms with E-state index >= 15 is 0 Å². The van der Waals surface area contributed by atoms with Gasteiger partial charge in [0.2, 0.25) is 5.91 Å². The minimum absolute atomic E-state index is 0. The summed E-state index contributed by atoms with van der Waals surface area (Å²) in [5, 5.41) is 6.00. The Balaban J connectivity index is 0.000000605. The van der Waals surface area contributed by atoms with E-state index in [0.717, 1.165) is 13.1 Å². The van der Waals surface area contributed by atoms with Gasteiger partial charge in [0, 0.05) is 13.1 Å². The van der Waals surface area contributed by atoms with E-state index in [4.69, 9.17) is 4.74 Å². The van der Waals surface area contributed by atoms with Crippen LogP contribution >= 0.6 is 12.4 Å². The fourth-order valence-corrected chi connectivity index (χ4v) is 1.41. The van der Waals surface area contributed by atoms with Gasteiger partial charge in [-0.1, -0.05) is 0 Å². The van der Waals surface area contributed by atoms with E-state index in [1.165, 1.54) is 0 Å². The second kappa shape index (κ2) is 3.38. The molecule has 0 aromatic heterocycles. The minimum atomic E-state index is 0. The topological polar surface area (TPSA) is 50.4 Å². The van der Waals surface area contributed by atoms with Crippen molar-refractivity contribution in [3.05, 3.63) is 0 Å². The molecule has 2 N–H and O–H groups in total. The summed E-state index contributed by atoms with van der Waals surface area (Å²) in [4.78, 5) is 10.7. The molecule has 0 aliphatic carbocycles. The van der Waals surface area contributed by atoms with Crippen molar-refractivity contribution in [1.82, 2.24) is 10.6 Å². The van der Waals surface area contributed by atoms with Crippen LogP contribution in [0.5, 0.6) is 0 Å². The lowest BCUT2D eigenvalue weighted by molar-refractivity contribution is -0.134. The van der Waals surface area contributed by atoms with Gasteiger partial charge in [-0.3, -0.25) is 4.79 Å². The molecule has 2 aliphatic heterocycles. The van der Waals surface area contributed by atoms with Crippen molar-refractivity contribution in [2.45, 2.75) is 12.1 Å². The third-order valence-electron chi connectivity index (χ3n) is 1.93. The first-order valence-corrected chi connectivity index (χ1v) is 3.48. The largest absolute Gasteiger partial charge is 0.365 e. The van der Waals surface area contributed by atoms with Gasteiger partial charge < -0.3 is 15.4 Å². The van der Waals surface area contributed by atoms with Gasteiger partial charge in [-0.25, -0.2) is 0 Å². The third kappa shape index (κ3) is 1.64. The maximum atomic E-state index is 10.7. The summed E-state index contributed by atoms with van der Waals surface area (Å²) in [5.41, 5.74) is 0. The Morgan fingerprint density at radius 3 is 3.09 bits per heavy atom. The lowest BCUT2D eigenvalue weighted by Gasteiger charge is -2.25. The zero-order chi connectivity index (χ0) is 6.97. The Bertz CT molecular complexity index is 165. The fraction of sp³-hybridized carbons (Fsp3) is 0.833. The zero-order valence-electron chi connectivity index (χ0n) is 6.00. The number of carbonyl (C=O) groups is 1. The lowest BCUT2D eigenvalue weighted by atomic mass is 10.2. The number of halogens is 1. The SMILES string of the molecule is Cl.O=C1COC2CNCC2N1. The first-order chi connectivity index (χ1) is 4.86. The van der Waals surface area contributed by atoms with Crippen LogP contribution in [0.2, 0.25) is 0 Å². The number of rotatable bonds is 0. The molecule has 0 aromatic carbocycles. The van der Waals surface area contributed by atoms with Crippen LogP contribution in [0.15, 0.2) is 0 Å². The second-order valence-corrected chi connectivity index (χ2v) is 2.68. The van der Waals surface area contributed by atoms with Gasteiger partial charge in [0.15, 0.2) is 0 Å². The van der Waals surface area contributed by atoms with Crippen LogP contribution in [-0.4, -0.2) is 37.7 Å². The number of hydrogen-bond donors (Lipinski definition) is 2. The highest BCUT2D eigenvalue weighted by Crippen LogP contribution is 2.08. The number of ether oxygens (including phenoxy) is 1. The molecule has 64 valence electrons. The van der Waals surface area contributed by atoms with E-state index in [-0.39, 0.29) is 37.1 Å². The molecule has 1 amide bonds. The number of carbonyl (C=O) groups excluding carboxylic acids is 1. The molecular formula is C6H11ClN2O2. The van der Waals surface area contributed by atoms with E-state index in [9.17, 15) is 4.79 Å². The van der Waals surface area contributed by atoms with Crippen molar-refractivity contribution in [2.75, 3.05) is 19.7 Å². The maximum absolute atomic E-state index is 10.7. The van der Waals surface area contributed by atoms with Gasteiger partial charge in [0.1, 0.15) is 6.61 Å². The zero-order valence-corrected chi connectivity index (χ0v) is 6.82. The molecule has 2 heterocycles. The summed E-state index contributed by atoms with van der Waals surface area (Å²) < 4.78 is 5.24. The molecule has 2 atom stereocenters. The van der Waals surface area contributed by atoms with E-state index in [1.54, 1.807) is 0 Å². The summed E-state index contributed by atoms with van der Waals surface area (Å²) in [5.74, 6) is 0.00458. The standard InChI is InChI=1S/C6H10N2O2.ClH/c9-6-3-10-5-2-7-1-4(5)8-6;/h4-5,7H,1-3H2,(H,8,9);1H. The Morgan fingerprint density at radius 2 is 2.27 bits per heavy atom. The predicted molar refractivity (Wildman–Crippen MR) is 41.8 cm³/mol. The molecule has 0 saturated carbocycles. The Kier molecular flexibility index (Phi) is 2.70. The maximum Gasteiger partial charge on any atom is 0.246 e. The first-order valence-electron chi connectivity index (χ1n) is 3.48. The van der Waals surface area contributed by atoms with Gasteiger partial charge in [0.25, 0.3) is 0 Å². The van der Waals surface area contributed by atoms with Crippen LogP contribution in [0.25, 0.3) is 0 Å². The van der Waals surface area contributed by atoms with Crippen molar-refractivity contribution in [2.24, 2.45) is 0 Å². The van der Waals surface area contributed by atoms with Gasteiger partial charge in [-0.2, -0.15) is 0 Å². The van der Waals surface area contributed by atoms with Crippen LogP contribution in [0.3, 0.4) is 0 Å². The average molecular weight is 179 g/mol. The molecule has 4 nitrogen and oxygen atoms in total. The molecule has 0 bridgehead atoms. The van der Waals surface area contributed by atoms with E-state index < -0.39 is 0 Å². The van der Waals surface area contributed by atoms with Crippen molar-refractivity contribution < 1.29 is 9.53 Å². The molecular weight excluding hydrogens is 168 g/mol. The summed E-state index contributed by atoms with van der Waals surface area (Å²) in [6.07, 6.45) is 0.206. The van der Waals surface area contributed by atoms with Crippen LogP contribution in [0.1, 0.15) is 0 Å². The van der Waals surface area contributed by atoms with Gasteiger partial charge in [-0.05, 0) is 0 Å². The Labute approximate surface area is 71.1 Å². The van der Waals surface area contributed by atoms with Crippen molar-refractivity contribution in [1.29, 1.82) is 0 Å². The second-order valence-electron chi connectivity index (χ2n) is 2.68. The highest BCUT2D eigenvalue weighted by molar-refractivity contribution is 5.85. The summed E-state index contributed by atoms with van der Waals surface area (Å²) in [7, 11) is 0. The van der Waals surface area contributed by atoms with E-state index in [0.29, 0.717) is 0 Å². The number of hydrogen-bond acceptors (Lipinski definition) is 3. The Morgan fingerprint density at radius 1 is 1.45 bits per heavy atom. The lowest BCUT2D eigenvalue weighted by Crippen LogP contribution is -2.50. The van der Waals surface area contributed by atoms with Gasteiger partial charge >= 0.3 is 0 Å². The third-order valence-corrected chi connectivity index (χ3v) is 1.93. The van der Waals surface area contributed by atoms with Crippen LogP contribution in [0, 0.1) is 0 Å². The molecule has 2 aliphatic rings. The van der Waals surface area contributed by atoms with Gasteiger partial charge in [-0.15, -0.1) is 12.4 Å². The number of fused-ring (bicyclic) bond motifs is 1. The molecule has 0 radical (unpaired) electrons. The first kappa shape index (κ1) is 8.77. The number of morpholine rings is 1. The molecule has 11 heavy (non-hydrogen) atoms. The summed E-state index contributed by atoms with van der Waals surface area (Å²) in [6.45, 7) is 1.93. The monoisotopic (exact) mass is 178 g/mol. The summed E-state index contributed by atoms with van der Waals surface area (Å²) >= 11 is 0. The molecule has 2 unspecified atom stereocenters. The van der Waals surface area contributed by atoms with Crippen LogP contribution in [-0.2, 0) is 9.53 Å². The highest BCUT2D eigenvalue weighted by Gasteiger charge is 2.32. The quantitative estimate of drug-likeness (QED) is 0.495. The molecule has 2 fully saturated rings. The molecule has 5 heteroatoms. The molecule has 2 saturated heterocycles. The van der Waals surface area contributed by atoms with Gasteiger partial charge in [0.05, 0.1) is 12.1 Å². The van der Waals surface area contributed by atoms with Crippen LogP contribution in [0.4, 0.5) is 0 Å². The van der Waals surface area contributed by atoms with Crippen LogP contribution < -0.4 is 10.6 Å². The minimum Gasteiger partial charge on any atom is -0.365 e. The average Bonchev–Trinajstić information content (AvgIpc) is 2.33. The number of amides is 1.